The van der Waals surface area contributed by atoms with Gasteiger partial charge >= 0.3 is 25.0 Å². The molecular formula is C21H28LiNO2. The van der Waals surface area contributed by atoms with Crippen molar-refractivity contribution in [2.24, 2.45) is 5.92 Å². The Morgan fingerprint density at radius 1 is 1.16 bits per heavy atom. The number of fused-ring (bicyclic) bond motifs is 1. The van der Waals surface area contributed by atoms with E-state index in [9.17, 15) is 4.79 Å². The van der Waals surface area contributed by atoms with Gasteiger partial charge in [0.15, 0.2) is 0 Å². The molecule has 25 heavy (non-hydrogen) atoms. The molecule has 0 radical (unpaired) electrons. The second-order valence-electron chi connectivity index (χ2n) is 7.89. The zero-order valence-electron chi connectivity index (χ0n) is 16.3. The molecule has 1 heterocycles. The van der Waals surface area contributed by atoms with Gasteiger partial charge in [-0.25, -0.2) is 4.79 Å². The van der Waals surface area contributed by atoms with Gasteiger partial charge in [-0.05, 0) is 39.5 Å². The van der Waals surface area contributed by atoms with Gasteiger partial charge in [0.1, 0.15) is 5.60 Å². The Hall–Kier alpha value is -1.30. The van der Waals surface area contributed by atoms with Crippen LogP contribution in [0.2, 0.25) is 0 Å². The zero-order valence-corrected chi connectivity index (χ0v) is 16.3. The second kappa shape index (κ2) is 7.93. The average Bonchev–Trinajstić information content (AvgIpc) is 2.54. The van der Waals surface area contributed by atoms with Crippen molar-refractivity contribution < 1.29 is 28.4 Å². The van der Waals surface area contributed by atoms with E-state index in [0.717, 1.165) is 30.1 Å². The summed E-state index contributed by atoms with van der Waals surface area (Å²) in [5.41, 5.74) is 2.94. The second-order valence-corrected chi connectivity index (χ2v) is 7.89. The first-order valence-electron chi connectivity index (χ1n) is 9.04. The fourth-order valence-corrected chi connectivity index (χ4v) is 3.74. The van der Waals surface area contributed by atoms with E-state index in [1.807, 2.05) is 38.7 Å². The molecule has 0 N–H and O–H groups in total. The van der Waals surface area contributed by atoms with E-state index >= 15 is 0 Å². The third-order valence-electron chi connectivity index (χ3n) is 4.85. The number of carbonyl (C=O) groups excluding carboxylic acids is 1. The number of ether oxygens (including phenoxy) is 1. The van der Waals surface area contributed by atoms with Gasteiger partial charge in [0, 0.05) is 5.70 Å². The molecule has 3 rings (SSSR count). The Morgan fingerprint density at radius 2 is 1.80 bits per heavy atom. The largest absolute Gasteiger partial charge is 1.00 e. The molecule has 0 atom stereocenters. The van der Waals surface area contributed by atoms with Gasteiger partial charge in [0.05, 0.1) is 0 Å². The van der Waals surface area contributed by atoms with Crippen molar-refractivity contribution in [2.45, 2.75) is 65.4 Å². The van der Waals surface area contributed by atoms with Crippen molar-refractivity contribution in [3.8, 4) is 0 Å². The fraction of sp³-hybridized carbons (Fsp3) is 0.524. The molecule has 0 saturated heterocycles. The number of amides is 1. The van der Waals surface area contributed by atoms with Crippen LogP contribution in [0.5, 0.6) is 0 Å². The first-order valence-corrected chi connectivity index (χ1v) is 9.04. The Morgan fingerprint density at radius 3 is 2.44 bits per heavy atom. The first-order chi connectivity index (χ1) is 11.4. The summed E-state index contributed by atoms with van der Waals surface area (Å²) in [4.78, 5) is 14.8. The quantitative estimate of drug-likeness (QED) is 0.584. The molecule has 2 aliphatic rings. The first kappa shape index (κ1) is 20.0. The van der Waals surface area contributed by atoms with Crippen LogP contribution >= 0.6 is 0 Å². The fourth-order valence-electron chi connectivity index (χ4n) is 3.74. The number of nitrogens with zero attached hydrogens (tertiary/aromatic N) is 1. The van der Waals surface area contributed by atoms with Gasteiger partial charge in [0.25, 0.3) is 0 Å². The minimum Gasteiger partial charge on any atom is -0.444 e. The van der Waals surface area contributed by atoms with Crippen LogP contribution in [-0.4, -0.2) is 16.6 Å². The van der Waals surface area contributed by atoms with E-state index in [0.29, 0.717) is 5.92 Å². The van der Waals surface area contributed by atoms with Crippen LogP contribution in [-0.2, 0) is 4.74 Å². The van der Waals surface area contributed by atoms with E-state index in [1.54, 1.807) is 0 Å². The molecular weight excluding hydrogens is 305 g/mol. The maximum Gasteiger partial charge on any atom is 1.00 e. The summed E-state index contributed by atoms with van der Waals surface area (Å²) in [6, 6.07) is 9.27. The van der Waals surface area contributed by atoms with Gasteiger partial charge in [-0.15, -0.1) is 17.7 Å². The van der Waals surface area contributed by atoms with Crippen molar-refractivity contribution in [1.82, 2.24) is 4.90 Å². The number of hydrogen-bond donors (Lipinski definition) is 0. The van der Waals surface area contributed by atoms with Crippen LogP contribution in [0, 0.1) is 12.0 Å². The van der Waals surface area contributed by atoms with E-state index < -0.39 is 5.60 Å². The average molecular weight is 333 g/mol. The Labute approximate surface area is 164 Å². The summed E-state index contributed by atoms with van der Waals surface area (Å²) in [7, 11) is 0. The van der Waals surface area contributed by atoms with E-state index in [2.05, 4.69) is 24.3 Å². The zero-order chi connectivity index (χ0) is 17.3. The molecule has 0 spiro atoms. The number of rotatable bonds is 1. The molecule has 130 valence electrons. The normalized spacial score (nSPS) is 18.2. The van der Waals surface area contributed by atoms with E-state index in [4.69, 9.17) is 4.74 Å². The predicted octanol–water partition coefficient (Wildman–Crippen LogP) is 2.76. The molecule has 3 nitrogen and oxygen atoms in total. The van der Waals surface area contributed by atoms with Crippen LogP contribution < -0.4 is 18.9 Å². The molecule has 1 aromatic carbocycles. The number of benzene rings is 1. The monoisotopic (exact) mass is 333 g/mol. The molecule has 1 aliphatic carbocycles. The Bertz CT molecular complexity index is 642. The molecule has 0 unspecified atom stereocenters. The standard InChI is InChI=1S/C21H28NO2.Li/c1-15-18-13-9-8-12-17(18)14-19(16-10-6-5-7-11-16)22(15)20(23)24-21(2,3)4;/h8-9,12-14,16H,5-7,10-11H2,1-4H3;/q-1;+1. The number of allylic oxidation sites excluding steroid dienone is 1. The Balaban J connectivity index is 0.00000225. The summed E-state index contributed by atoms with van der Waals surface area (Å²) in [6.45, 7) is 7.78. The van der Waals surface area contributed by atoms with Crippen LogP contribution in [0.4, 0.5) is 4.79 Å². The molecule has 1 saturated carbocycles. The summed E-state index contributed by atoms with van der Waals surface area (Å²) >= 11 is 0. The molecule has 1 amide bonds. The maximum absolute atomic E-state index is 12.9. The third kappa shape index (κ3) is 4.46. The van der Waals surface area contributed by atoms with Gasteiger partial charge in [-0.1, -0.05) is 44.4 Å². The van der Waals surface area contributed by atoms with Crippen LogP contribution in [0.1, 0.15) is 70.9 Å². The van der Waals surface area contributed by atoms with Gasteiger partial charge in [-0.2, -0.15) is 11.6 Å². The minimum atomic E-state index is -0.494. The SMILES string of the molecule is C[C-]1c2ccccc2C=C(C2CCCCC2)N1C(=O)OC(C)(C)C.[Li+]. The summed E-state index contributed by atoms with van der Waals surface area (Å²) < 4.78 is 5.71. The Kier molecular flexibility index (Phi) is 6.35. The molecule has 0 aromatic heterocycles. The predicted molar refractivity (Wildman–Crippen MR) is 97.1 cm³/mol. The third-order valence-corrected chi connectivity index (χ3v) is 4.85. The van der Waals surface area contributed by atoms with E-state index in [-0.39, 0.29) is 25.0 Å². The molecule has 1 aliphatic heterocycles. The van der Waals surface area contributed by atoms with Crippen LogP contribution in [0.15, 0.2) is 30.0 Å². The van der Waals surface area contributed by atoms with Crippen molar-refractivity contribution >= 4 is 12.2 Å². The molecule has 0 bridgehead atoms. The molecule has 1 fully saturated rings. The van der Waals surface area contributed by atoms with Gasteiger partial charge < -0.3 is 9.64 Å². The summed E-state index contributed by atoms with van der Waals surface area (Å²) in [5, 5.41) is 0. The maximum atomic E-state index is 12.9. The van der Waals surface area contributed by atoms with Crippen LogP contribution in [0.3, 0.4) is 0 Å². The van der Waals surface area contributed by atoms with Crippen molar-refractivity contribution in [3.05, 3.63) is 47.1 Å². The molecule has 1 aromatic rings. The number of carbonyl (C=O) groups is 1. The van der Waals surface area contributed by atoms with Gasteiger partial charge in [-0.3, -0.25) is 0 Å². The van der Waals surface area contributed by atoms with Crippen molar-refractivity contribution in [3.63, 3.8) is 0 Å². The van der Waals surface area contributed by atoms with Crippen molar-refractivity contribution in [1.29, 1.82) is 0 Å². The summed E-state index contributed by atoms with van der Waals surface area (Å²) in [5.74, 6) is 0.439. The minimum absolute atomic E-state index is 0. The number of hydrogen-bond acceptors (Lipinski definition) is 2. The van der Waals surface area contributed by atoms with Gasteiger partial charge in [0.2, 0.25) is 0 Å². The van der Waals surface area contributed by atoms with Crippen molar-refractivity contribution in [2.75, 3.05) is 0 Å². The smallest absolute Gasteiger partial charge is 0.444 e. The molecule has 4 heteroatoms. The van der Waals surface area contributed by atoms with E-state index in [1.165, 1.54) is 24.8 Å². The summed E-state index contributed by atoms with van der Waals surface area (Å²) in [6.07, 6.45) is 8.03. The topological polar surface area (TPSA) is 29.5 Å². The van der Waals surface area contributed by atoms with Crippen LogP contribution in [0.25, 0.3) is 6.08 Å².